The fourth-order valence-electron chi connectivity index (χ4n) is 2.99. The maximum Gasteiger partial charge on any atom is 0.274 e. The van der Waals surface area contributed by atoms with Crippen LogP contribution in [0.5, 0.6) is 0 Å². The van der Waals surface area contributed by atoms with Gasteiger partial charge in [-0.05, 0) is 41.5 Å². The number of nitrogens with zero attached hydrogens (tertiary/aromatic N) is 1. The van der Waals surface area contributed by atoms with Crippen molar-refractivity contribution in [3.8, 4) is 0 Å². The average molecular weight is 370 g/mol. The van der Waals surface area contributed by atoms with Gasteiger partial charge in [-0.3, -0.25) is 9.78 Å². The molecule has 2 aromatic rings. The zero-order chi connectivity index (χ0) is 19.8. The van der Waals surface area contributed by atoms with E-state index in [0.29, 0.717) is 24.1 Å². The number of hydrogen-bond donors (Lipinski definition) is 2. The van der Waals surface area contributed by atoms with Crippen molar-refractivity contribution in [2.45, 2.75) is 46.0 Å². The van der Waals surface area contributed by atoms with Crippen molar-refractivity contribution < 1.29 is 9.53 Å². The lowest BCUT2D eigenvalue weighted by Crippen LogP contribution is -2.17. The summed E-state index contributed by atoms with van der Waals surface area (Å²) in [7, 11) is 1.69. The summed E-state index contributed by atoms with van der Waals surface area (Å²) in [5.74, 6) is 0.451. The molecule has 0 unspecified atom stereocenters. The molecule has 146 valence electrons. The van der Waals surface area contributed by atoms with Gasteiger partial charge in [0.1, 0.15) is 5.69 Å². The lowest BCUT2D eigenvalue weighted by molar-refractivity contribution is 0.102. The second-order valence-corrected chi connectivity index (χ2v) is 7.28. The van der Waals surface area contributed by atoms with Crippen molar-refractivity contribution in [2.24, 2.45) is 0 Å². The molecule has 0 aliphatic rings. The summed E-state index contributed by atoms with van der Waals surface area (Å²) < 4.78 is 5.05. The molecule has 5 heteroatoms. The molecule has 1 heterocycles. The first-order valence-corrected chi connectivity index (χ1v) is 9.57. The fourth-order valence-corrected chi connectivity index (χ4v) is 2.99. The van der Waals surface area contributed by atoms with E-state index in [1.807, 2.05) is 6.07 Å². The highest BCUT2D eigenvalue weighted by molar-refractivity contribution is 6.04. The largest absolute Gasteiger partial charge is 0.385 e. The number of carbonyl (C=O) groups excluding carboxylic acids is 1. The summed E-state index contributed by atoms with van der Waals surface area (Å²) in [5, 5.41) is 6.41. The Kier molecular flexibility index (Phi) is 7.80. The zero-order valence-corrected chi connectivity index (χ0v) is 17.0. The number of ether oxygens (including phenoxy) is 1. The molecule has 1 aromatic carbocycles. The van der Waals surface area contributed by atoms with Crippen LogP contribution in [-0.2, 0) is 4.74 Å². The highest BCUT2D eigenvalue weighted by Gasteiger charge is 2.17. The van der Waals surface area contributed by atoms with Crippen LogP contribution in [0, 0.1) is 0 Å². The number of hydrogen-bond acceptors (Lipinski definition) is 4. The standard InChI is InChI=1S/C22H31N3O2/c1-15(2)18-8-6-9-19(16(3)4)21(18)25-22(26)20-14-17(10-12-24-20)23-11-7-13-27-5/h6,8-10,12,14-16H,7,11,13H2,1-5H3,(H,23,24)(H,25,26). The Labute approximate surface area is 162 Å². The number of carbonyl (C=O) groups is 1. The minimum Gasteiger partial charge on any atom is -0.385 e. The van der Waals surface area contributed by atoms with Crippen molar-refractivity contribution in [2.75, 3.05) is 30.9 Å². The lowest BCUT2D eigenvalue weighted by Gasteiger charge is -2.20. The second-order valence-electron chi connectivity index (χ2n) is 7.28. The van der Waals surface area contributed by atoms with Crippen LogP contribution in [0.4, 0.5) is 11.4 Å². The van der Waals surface area contributed by atoms with Crippen molar-refractivity contribution in [3.05, 3.63) is 53.3 Å². The van der Waals surface area contributed by atoms with Crippen molar-refractivity contribution in [1.29, 1.82) is 0 Å². The summed E-state index contributed by atoms with van der Waals surface area (Å²) in [5.41, 5.74) is 4.48. The van der Waals surface area contributed by atoms with E-state index in [9.17, 15) is 4.79 Å². The summed E-state index contributed by atoms with van der Waals surface area (Å²) in [6.07, 6.45) is 2.56. The van der Waals surface area contributed by atoms with E-state index in [1.165, 1.54) is 0 Å². The molecule has 0 bridgehead atoms. The Hall–Kier alpha value is -2.40. The van der Waals surface area contributed by atoms with Gasteiger partial charge in [0.25, 0.3) is 5.91 Å². The van der Waals surface area contributed by atoms with Gasteiger partial charge >= 0.3 is 0 Å². The van der Waals surface area contributed by atoms with Crippen molar-refractivity contribution in [3.63, 3.8) is 0 Å². The van der Waals surface area contributed by atoms with Gasteiger partial charge in [0, 0.05) is 37.8 Å². The van der Waals surface area contributed by atoms with Gasteiger partial charge in [0.15, 0.2) is 0 Å². The van der Waals surface area contributed by atoms with E-state index >= 15 is 0 Å². The van der Waals surface area contributed by atoms with Crippen LogP contribution in [-0.4, -0.2) is 31.2 Å². The average Bonchev–Trinajstić information content (AvgIpc) is 2.65. The molecule has 27 heavy (non-hydrogen) atoms. The van der Waals surface area contributed by atoms with E-state index in [2.05, 4.69) is 61.5 Å². The van der Waals surface area contributed by atoms with Crippen molar-refractivity contribution >= 4 is 17.3 Å². The molecule has 0 aliphatic carbocycles. The SMILES string of the molecule is COCCCNc1ccnc(C(=O)Nc2c(C(C)C)cccc2C(C)C)c1. The Bertz CT molecular complexity index is 731. The molecule has 0 fully saturated rings. The van der Waals surface area contributed by atoms with E-state index in [0.717, 1.165) is 35.5 Å². The molecule has 5 nitrogen and oxygen atoms in total. The van der Waals surface area contributed by atoms with E-state index in [-0.39, 0.29) is 5.91 Å². The zero-order valence-electron chi connectivity index (χ0n) is 17.0. The van der Waals surface area contributed by atoms with Crippen LogP contribution >= 0.6 is 0 Å². The molecular weight excluding hydrogens is 338 g/mol. The van der Waals surface area contributed by atoms with Crippen LogP contribution in [0.3, 0.4) is 0 Å². The molecule has 0 saturated heterocycles. The minimum atomic E-state index is -0.189. The van der Waals surface area contributed by atoms with Crippen LogP contribution in [0.15, 0.2) is 36.5 Å². The van der Waals surface area contributed by atoms with Crippen LogP contribution in [0.25, 0.3) is 0 Å². The fraction of sp³-hybridized carbons (Fsp3) is 0.455. The van der Waals surface area contributed by atoms with Gasteiger partial charge in [-0.1, -0.05) is 45.9 Å². The van der Waals surface area contributed by atoms with Crippen LogP contribution in [0.1, 0.15) is 67.6 Å². The number of benzene rings is 1. The first-order valence-electron chi connectivity index (χ1n) is 9.57. The lowest BCUT2D eigenvalue weighted by atomic mass is 9.92. The van der Waals surface area contributed by atoms with Gasteiger partial charge in [0.05, 0.1) is 0 Å². The van der Waals surface area contributed by atoms with E-state index in [4.69, 9.17) is 4.74 Å². The van der Waals surface area contributed by atoms with Gasteiger partial charge < -0.3 is 15.4 Å². The summed E-state index contributed by atoms with van der Waals surface area (Å²) >= 11 is 0. The Balaban J connectivity index is 2.20. The first-order chi connectivity index (χ1) is 12.9. The summed E-state index contributed by atoms with van der Waals surface area (Å²) in [6, 6.07) is 9.87. The minimum absolute atomic E-state index is 0.189. The molecular formula is C22H31N3O2. The molecule has 2 N–H and O–H groups in total. The Morgan fingerprint density at radius 2 is 1.78 bits per heavy atom. The maximum absolute atomic E-state index is 12.9. The molecule has 1 amide bonds. The summed E-state index contributed by atoms with van der Waals surface area (Å²) in [4.78, 5) is 17.1. The molecule has 0 aliphatic heterocycles. The summed E-state index contributed by atoms with van der Waals surface area (Å²) in [6.45, 7) is 10.0. The second kappa shape index (κ2) is 10.1. The highest BCUT2D eigenvalue weighted by atomic mass is 16.5. The molecule has 0 spiro atoms. The highest BCUT2D eigenvalue weighted by Crippen LogP contribution is 2.32. The number of para-hydroxylation sites is 1. The van der Waals surface area contributed by atoms with Gasteiger partial charge in [-0.25, -0.2) is 0 Å². The molecule has 2 rings (SSSR count). The third-order valence-electron chi connectivity index (χ3n) is 4.46. The molecule has 0 saturated carbocycles. The number of aromatic nitrogens is 1. The normalized spacial score (nSPS) is 11.1. The van der Waals surface area contributed by atoms with Gasteiger partial charge in [-0.15, -0.1) is 0 Å². The third kappa shape index (κ3) is 5.79. The predicted molar refractivity (Wildman–Crippen MR) is 112 cm³/mol. The molecule has 1 aromatic heterocycles. The predicted octanol–water partition coefficient (Wildman–Crippen LogP) is 5.03. The number of amides is 1. The van der Waals surface area contributed by atoms with Crippen LogP contribution < -0.4 is 10.6 Å². The third-order valence-corrected chi connectivity index (χ3v) is 4.46. The van der Waals surface area contributed by atoms with E-state index < -0.39 is 0 Å². The first kappa shape index (κ1) is 20.9. The Morgan fingerprint density at radius 1 is 1.11 bits per heavy atom. The van der Waals surface area contributed by atoms with Gasteiger partial charge in [0.2, 0.25) is 0 Å². The number of methoxy groups -OCH3 is 1. The van der Waals surface area contributed by atoms with Gasteiger partial charge in [-0.2, -0.15) is 0 Å². The monoisotopic (exact) mass is 369 g/mol. The van der Waals surface area contributed by atoms with Crippen molar-refractivity contribution in [1.82, 2.24) is 4.98 Å². The maximum atomic E-state index is 12.9. The molecule has 0 atom stereocenters. The number of anilines is 2. The quantitative estimate of drug-likeness (QED) is 0.609. The molecule has 0 radical (unpaired) electrons. The Morgan fingerprint density at radius 3 is 2.37 bits per heavy atom. The number of nitrogens with one attached hydrogen (secondary N) is 2. The smallest absolute Gasteiger partial charge is 0.274 e. The van der Waals surface area contributed by atoms with E-state index in [1.54, 1.807) is 19.4 Å². The number of rotatable bonds is 9. The topological polar surface area (TPSA) is 63.2 Å². The number of pyridine rings is 1. The van der Waals surface area contributed by atoms with Crippen LogP contribution in [0.2, 0.25) is 0 Å².